The first-order chi connectivity index (χ1) is 8.34. The van der Waals surface area contributed by atoms with E-state index in [4.69, 9.17) is 17.1 Å². The molecule has 0 aliphatic heterocycles. The molecular formula is C11H9BrClNO3S. The van der Waals surface area contributed by atoms with Gasteiger partial charge in [0.05, 0.1) is 4.90 Å². The topological polar surface area (TPSA) is 63.2 Å². The Morgan fingerprint density at radius 2 is 2.11 bits per heavy atom. The normalized spacial score (nSPS) is 10.7. The van der Waals surface area contributed by atoms with Crippen molar-refractivity contribution in [2.24, 2.45) is 0 Å². The second-order valence-corrected chi connectivity index (χ2v) is 6.81. The number of hydrogen-bond donors (Lipinski definition) is 1. The maximum atomic E-state index is 11.7. The lowest BCUT2D eigenvalue weighted by molar-refractivity contribution is 0.0954. The summed E-state index contributed by atoms with van der Waals surface area (Å²) in [7, 11) is 1.35. The van der Waals surface area contributed by atoms with E-state index in [1.54, 1.807) is 0 Å². The van der Waals surface area contributed by atoms with E-state index in [1.165, 1.54) is 18.2 Å². The summed E-state index contributed by atoms with van der Waals surface area (Å²) in [6.45, 7) is 0.324. The van der Waals surface area contributed by atoms with Gasteiger partial charge in [-0.05, 0) is 18.2 Å². The molecule has 0 aliphatic rings. The van der Waals surface area contributed by atoms with Gasteiger partial charge in [0, 0.05) is 33.7 Å². The Hall–Kier alpha value is -1.03. The monoisotopic (exact) mass is 349 g/mol. The first-order valence-electron chi connectivity index (χ1n) is 4.81. The summed E-state index contributed by atoms with van der Waals surface area (Å²) in [4.78, 5) is 11.6. The fourth-order valence-electron chi connectivity index (χ4n) is 1.18. The molecule has 0 radical (unpaired) electrons. The van der Waals surface area contributed by atoms with E-state index in [9.17, 15) is 13.2 Å². The minimum Gasteiger partial charge on any atom is -0.351 e. The van der Waals surface area contributed by atoms with E-state index in [0.717, 1.165) is 0 Å². The van der Waals surface area contributed by atoms with Gasteiger partial charge in [-0.1, -0.05) is 15.9 Å². The third-order valence-corrected chi connectivity index (χ3v) is 3.76. The van der Waals surface area contributed by atoms with E-state index >= 15 is 0 Å². The molecule has 0 saturated heterocycles. The molecule has 1 aromatic carbocycles. The van der Waals surface area contributed by atoms with Crippen LogP contribution in [0.4, 0.5) is 0 Å². The van der Waals surface area contributed by atoms with Crippen molar-refractivity contribution < 1.29 is 13.2 Å². The molecule has 0 heterocycles. The maximum absolute atomic E-state index is 11.7. The van der Waals surface area contributed by atoms with Crippen LogP contribution in [0.5, 0.6) is 0 Å². The van der Waals surface area contributed by atoms with E-state index in [0.29, 0.717) is 17.4 Å². The van der Waals surface area contributed by atoms with Gasteiger partial charge < -0.3 is 5.32 Å². The first-order valence-corrected chi connectivity index (χ1v) is 7.92. The average Bonchev–Trinajstić information content (AvgIpc) is 2.27. The van der Waals surface area contributed by atoms with Gasteiger partial charge in [0.25, 0.3) is 15.0 Å². The molecule has 0 spiro atoms. The molecule has 0 bridgehead atoms. The predicted octanol–water partition coefficient (Wildman–Crippen LogP) is 2.13. The van der Waals surface area contributed by atoms with Crippen LogP contribution in [0.2, 0.25) is 0 Å². The van der Waals surface area contributed by atoms with Crippen molar-refractivity contribution in [1.29, 1.82) is 0 Å². The number of hydrogen-bond acceptors (Lipinski definition) is 3. The van der Waals surface area contributed by atoms with E-state index < -0.39 is 15.0 Å². The fraction of sp³-hybridized carbons (Fsp3) is 0.182. The summed E-state index contributed by atoms with van der Waals surface area (Å²) < 4.78 is 22.9. The highest BCUT2D eigenvalue weighted by molar-refractivity contribution is 9.10. The second-order valence-electron chi connectivity index (χ2n) is 3.32. The Bertz CT molecular complexity index is 607. The zero-order chi connectivity index (χ0) is 13.8. The van der Waals surface area contributed by atoms with Crippen LogP contribution in [-0.2, 0) is 9.05 Å². The number of terminal acetylenes is 1. The van der Waals surface area contributed by atoms with Crippen LogP contribution >= 0.6 is 26.6 Å². The molecule has 0 saturated carbocycles. The standard InChI is InChI=1S/C11H9BrClNO3S/c1-2-3-4-14-11(15)8-5-9(12)7-10(6-8)18(13,16)17/h1,5-7H,3-4H2,(H,14,15). The highest BCUT2D eigenvalue weighted by atomic mass is 79.9. The lowest BCUT2D eigenvalue weighted by Gasteiger charge is -2.05. The molecule has 4 nitrogen and oxygen atoms in total. The van der Waals surface area contributed by atoms with Crippen LogP contribution in [0, 0.1) is 12.3 Å². The van der Waals surface area contributed by atoms with Crippen LogP contribution in [0.15, 0.2) is 27.6 Å². The van der Waals surface area contributed by atoms with Gasteiger partial charge >= 0.3 is 0 Å². The number of amides is 1. The molecule has 0 fully saturated rings. The maximum Gasteiger partial charge on any atom is 0.261 e. The van der Waals surface area contributed by atoms with Crippen LogP contribution in [-0.4, -0.2) is 20.9 Å². The summed E-state index contributed by atoms with van der Waals surface area (Å²) >= 11 is 3.12. The number of carbonyl (C=O) groups excluding carboxylic acids is 1. The first kappa shape index (κ1) is 15.0. The Balaban J connectivity index is 3.01. The van der Waals surface area contributed by atoms with Crippen LogP contribution in [0.3, 0.4) is 0 Å². The summed E-state index contributed by atoms with van der Waals surface area (Å²) in [6, 6.07) is 4.02. The smallest absolute Gasteiger partial charge is 0.261 e. The van der Waals surface area contributed by atoms with Crippen molar-refractivity contribution in [3.05, 3.63) is 28.2 Å². The number of halogens is 2. The predicted molar refractivity (Wildman–Crippen MR) is 73.0 cm³/mol. The van der Waals surface area contributed by atoms with E-state index in [2.05, 4.69) is 27.2 Å². The molecule has 0 aromatic heterocycles. The van der Waals surface area contributed by atoms with Gasteiger partial charge in [0.15, 0.2) is 0 Å². The summed E-state index contributed by atoms with van der Waals surface area (Å²) in [5, 5.41) is 2.57. The highest BCUT2D eigenvalue weighted by Crippen LogP contribution is 2.22. The Labute approximate surface area is 118 Å². The second kappa shape index (κ2) is 6.23. The number of nitrogens with one attached hydrogen (secondary N) is 1. The lowest BCUT2D eigenvalue weighted by Crippen LogP contribution is -2.24. The molecule has 1 rings (SSSR count). The molecule has 1 amide bonds. The van der Waals surface area contributed by atoms with Crippen molar-refractivity contribution >= 4 is 41.6 Å². The minimum atomic E-state index is -3.88. The van der Waals surface area contributed by atoms with Gasteiger partial charge in [-0.15, -0.1) is 12.3 Å². The molecule has 7 heteroatoms. The minimum absolute atomic E-state index is 0.138. The van der Waals surface area contributed by atoms with Gasteiger partial charge in [0.1, 0.15) is 0 Å². The number of carbonyl (C=O) groups is 1. The molecule has 0 atom stereocenters. The third-order valence-electron chi connectivity index (χ3n) is 1.97. The van der Waals surface area contributed by atoms with E-state index in [1.807, 2.05) is 0 Å². The molecule has 1 N–H and O–H groups in total. The van der Waals surface area contributed by atoms with Crippen LogP contribution in [0.25, 0.3) is 0 Å². The van der Waals surface area contributed by atoms with Crippen molar-refractivity contribution in [3.8, 4) is 12.3 Å². The molecule has 0 unspecified atom stereocenters. The van der Waals surface area contributed by atoms with Crippen molar-refractivity contribution in [1.82, 2.24) is 5.32 Å². The van der Waals surface area contributed by atoms with Crippen molar-refractivity contribution in [2.75, 3.05) is 6.54 Å². The van der Waals surface area contributed by atoms with Gasteiger partial charge in [-0.2, -0.15) is 0 Å². The highest BCUT2D eigenvalue weighted by Gasteiger charge is 2.15. The molecule has 1 aromatic rings. The molecular weight excluding hydrogens is 342 g/mol. The summed E-state index contributed by atoms with van der Waals surface area (Å²) in [5.74, 6) is 1.97. The fourth-order valence-corrected chi connectivity index (χ4v) is 2.63. The lowest BCUT2D eigenvalue weighted by atomic mass is 10.2. The summed E-state index contributed by atoms with van der Waals surface area (Å²) in [5.41, 5.74) is 0.195. The van der Waals surface area contributed by atoms with Crippen molar-refractivity contribution in [2.45, 2.75) is 11.3 Å². The SMILES string of the molecule is C#CCCNC(=O)c1cc(Br)cc(S(=O)(=O)Cl)c1. The van der Waals surface area contributed by atoms with Crippen LogP contribution < -0.4 is 5.32 Å². The Kier molecular flexibility index (Phi) is 5.20. The van der Waals surface area contributed by atoms with E-state index in [-0.39, 0.29) is 10.5 Å². The quantitative estimate of drug-likeness (QED) is 0.514. The number of benzene rings is 1. The Morgan fingerprint density at radius 1 is 1.44 bits per heavy atom. The van der Waals surface area contributed by atoms with Gasteiger partial charge in [0.2, 0.25) is 0 Å². The number of rotatable bonds is 4. The molecule has 0 aliphatic carbocycles. The molecule has 96 valence electrons. The van der Waals surface area contributed by atoms with Gasteiger partial charge in [-0.3, -0.25) is 4.79 Å². The third kappa shape index (κ3) is 4.33. The Morgan fingerprint density at radius 3 is 2.67 bits per heavy atom. The summed E-state index contributed by atoms with van der Waals surface area (Å²) in [6.07, 6.45) is 5.46. The van der Waals surface area contributed by atoms with Gasteiger partial charge in [-0.25, -0.2) is 8.42 Å². The zero-order valence-corrected chi connectivity index (χ0v) is 12.3. The largest absolute Gasteiger partial charge is 0.351 e. The molecule has 18 heavy (non-hydrogen) atoms. The average molecular weight is 351 g/mol. The van der Waals surface area contributed by atoms with Crippen molar-refractivity contribution in [3.63, 3.8) is 0 Å². The zero-order valence-electron chi connectivity index (χ0n) is 9.11. The van der Waals surface area contributed by atoms with Crippen LogP contribution in [0.1, 0.15) is 16.8 Å².